The summed E-state index contributed by atoms with van der Waals surface area (Å²) in [7, 11) is 0. The Morgan fingerprint density at radius 3 is 2.14 bits per heavy atom. The molecule has 0 atom stereocenters. The minimum atomic E-state index is -0.153. The second-order valence-electron chi connectivity index (χ2n) is 6.09. The molecular weight excluding hydrogens is 368 g/mol. The predicted molar refractivity (Wildman–Crippen MR) is 111 cm³/mol. The highest BCUT2D eigenvalue weighted by molar-refractivity contribution is 7.19. The molecule has 0 amide bonds. The number of rotatable bonds is 4. The van der Waals surface area contributed by atoms with Crippen molar-refractivity contribution in [1.82, 2.24) is 4.98 Å². The average Bonchev–Trinajstić information content (AvgIpc) is 3.18. The third kappa shape index (κ3) is 3.29. The number of aromatic nitrogens is 1. The molecule has 0 saturated heterocycles. The Hall–Kier alpha value is -3.75. The van der Waals surface area contributed by atoms with E-state index in [0.29, 0.717) is 21.7 Å². The van der Waals surface area contributed by atoms with Crippen molar-refractivity contribution >= 4 is 38.7 Å². The van der Waals surface area contributed by atoms with Crippen LogP contribution in [-0.2, 0) is 0 Å². The first-order chi connectivity index (χ1) is 13.7. The quantitative estimate of drug-likeness (QED) is 0.288. The van der Waals surface area contributed by atoms with Crippen LogP contribution in [0.4, 0.5) is 0 Å². The zero-order valence-corrected chi connectivity index (χ0v) is 15.5. The van der Waals surface area contributed by atoms with Gasteiger partial charge in [0.15, 0.2) is 5.78 Å². The molecule has 0 radical (unpaired) electrons. The van der Waals surface area contributed by atoms with Crippen LogP contribution in [0.1, 0.15) is 26.5 Å². The van der Waals surface area contributed by atoms with Gasteiger partial charge in [-0.05, 0) is 12.1 Å². The van der Waals surface area contributed by atoms with E-state index in [1.54, 1.807) is 36.4 Å². The van der Waals surface area contributed by atoms with Crippen molar-refractivity contribution < 1.29 is 9.90 Å². The van der Waals surface area contributed by atoms with Gasteiger partial charge in [-0.1, -0.05) is 66.7 Å². The first kappa shape index (κ1) is 17.7. The number of aliphatic hydroxyl groups is 1. The molecule has 0 saturated carbocycles. The number of nitriles is 1. The maximum Gasteiger partial charge on any atom is 0.193 e. The average molecular weight is 382 g/mol. The van der Waals surface area contributed by atoms with Gasteiger partial charge in [-0.25, -0.2) is 4.98 Å². The largest absolute Gasteiger partial charge is 0.506 e. The minimum absolute atomic E-state index is 0.0951. The summed E-state index contributed by atoms with van der Waals surface area (Å²) in [5, 5.41) is 20.7. The third-order valence-electron chi connectivity index (χ3n) is 4.31. The van der Waals surface area contributed by atoms with Crippen molar-refractivity contribution in [2.75, 3.05) is 0 Å². The van der Waals surface area contributed by atoms with Gasteiger partial charge in [-0.3, -0.25) is 4.79 Å². The summed E-state index contributed by atoms with van der Waals surface area (Å²) in [5.74, 6) is -0.248. The Kier molecular flexibility index (Phi) is 4.71. The first-order valence-electron chi connectivity index (χ1n) is 8.57. The number of carbonyl (C=O) groups is 1. The Morgan fingerprint density at radius 2 is 1.46 bits per heavy atom. The number of para-hydroxylation sites is 1. The van der Waals surface area contributed by atoms with Crippen molar-refractivity contribution in [3.63, 3.8) is 0 Å². The molecule has 0 aliphatic carbocycles. The number of nitrogens with zero attached hydrogens (tertiary/aromatic N) is 2. The molecule has 0 spiro atoms. The lowest BCUT2D eigenvalue weighted by Gasteiger charge is -2.05. The number of fused-ring (bicyclic) bond motifs is 1. The summed E-state index contributed by atoms with van der Waals surface area (Å²) >= 11 is 1.35. The number of hydrogen-bond acceptors (Lipinski definition) is 5. The number of hydrogen-bond donors (Lipinski definition) is 1. The zero-order chi connectivity index (χ0) is 19.5. The summed E-state index contributed by atoms with van der Waals surface area (Å²) in [6.45, 7) is 0. The lowest BCUT2D eigenvalue weighted by atomic mass is 10.0. The summed E-state index contributed by atoms with van der Waals surface area (Å²) in [6.07, 6.45) is 0. The molecule has 4 nitrogen and oxygen atoms in total. The molecule has 0 aliphatic heterocycles. The Bertz CT molecular complexity index is 1200. The van der Waals surface area contributed by atoms with Crippen LogP contribution in [0.25, 0.3) is 21.5 Å². The summed E-state index contributed by atoms with van der Waals surface area (Å²) < 4.78 is 0.946. The molecule has 5 heteroatoms. The lowest BCUT2D eigenvalue weighted by Crippen LogP contribution is -2.01. The predicted octanol–water partition coefficient (Wildman–Crippen LogP) is 5.48. The second-order valence-corrected chi connectivity index (χ2v) is 7.13. The van der Waals surface area contributed by atoms with E-state index < -0.39 is 0 Å². The summed E-state index contributed by atoms with van der Waals surface area (Å²) in [5.41, 5.74) is 2.47. The second kappa shape index (κ2) is 7.47. The molecule has 1 aromatic heterocycles. The zero-order valence-electron chi connectivity index (χ0n) is 14.7. The van der Waals surface area contributed by atoms with Crippen molar-refractivity contribution in [3.8, 4) is 6.07 Å². The van der Waals surface area contributed by atoms with Crippen LogP contribution in [0, 0.1) is 11.3 Å². The van der Waals surface area contributed by atoms with Gasteiger partial charge in [0.05, 0.1) is 10.2 Å². The highest BCUT2D eigenvalue weighted by atomic mass is 32.1. The van der Waals surface area contributed by atoms with Crippen LogP contribution >= 0.6 is 11.3 Å². The van der Waals surface area contributed by atoms with Crippen molar-refractivity contribution in [1.29, 1.82) is 5.26 Å². The van der Waals surface area contributed by atoms with Gasteiger partial charge in [0.25, 0.3) is 0 Å². The topological polar surface area (TPSA) is 74.0 Å². The van der Waals surface area contributed by atoms with Gasteiger partial charge in [0.2, 0.25) is 0 Å². The highest BCUT2D eigenvalue weighted by Crippen LogP contribution is 2.31. The van der Waals surface area contributed by atoms with E-state index in [9.17, 15) is 15.2 Å². The van der Waals surface area contributed by atoms with Crippen molar-refractivity contribution in [3.05, 3.63) is 101 Å². The molecule has 1 N–H and O–H groups in total. The van der Waals surface area contributed by atoms with Crippen LogP contribution in [-0.4, -0.2) is 15.9 Å². The fraction of sp³-hybridized carbons (Fsp3) is 0. The van der Waals surface area contributed by atoms with Crippen LogP contribution < -0.4 is 0 Å². The van der Waals surface area contributed by atoms with Crippen LogP contribution in [0.5, 0.6) is 0 Å². The fourth-order valence-corrected chi connectivity index (χ4v) is 3.82. The van der Waals surface area contributed by atoms with Gasteiger partial charge < -0.3 is 5.11 Å². The summed E-state index contributed by atoms with van der Waals surface area (Å²) in [4.78, 5) is 16.9. The number of thiazole rings is 1. The maximum atomic E-state index is 12.5. The fourth-order valence-electron chi connectivity index (χ4n) is 2.86. The molecule has 0 bridgehead atoms. The minimum Gasteiger partial charge on any atom is -0.506 e. The van der Waals surface area contributed by atoms with Gasteiger partial charge in [0.1, 0.15) is 22.4 Å². The summed E-state index contributed by atoms with van der Waals surface area (Å²) in [6, 6.07) is 25.2. The molecule has 134 valence electrons. The molecule has 28 heavy (non-hydrogen) atoms. The number of carbonyl (C=O) groups excluding carboxylic acids is 1. The number of allylic oxidation sites excluding steroid dienone is 1. The van der Waals surface area contributed by atoms with E-state index in [0.717, 1.165) is 10.2 Å². The Balaban J connectivity index is 1.69. The molecule has 0 unspecified atom stereocenters. The molecule has 0 fully saturated rings. The van der Waals surface area contributed by atoms with E-state index in [-0.39, 0.29) is 17.1 Å². The molecule has 4 aromatic rings. The molecule has 3 aromatic carbocycles. The smallest absolute Gasteiger partial charge is 0.193 e. The normalized spacial score (nSPS) is 11.7. The number of benzene rings is 3. The molecular formula is C23H14N2O2S. The van der Waals surface area contributed by atoms with E-state index in [1.807, 2.05) is 42.5 Å². The molecule has 1 heterocycles. The third-order valence-corrected chi connectivity index (χ3v) is 5.37. The van der Waals surface area contributed by atoms with Crippen LogP contribution in [0.3, 0.4) is 0 Å². The monoisotopic (exact) mass is 382 g/mol. The number of ketones is 1. The number of aliphatic hydroxyl groups excluding tert-OH is 1. The highest BCUT2D eigenvalue weighted by Gasteiger charge is 2.16. The van der Waals surface area contributed by atoms with Gasteiger partial charge in [-0.15, -0.1) is 11.3 Å². The van der Waals surface area contributed by atoms with Gasteiger partial charge >= 0.3 is 0 Å². The lowest BCUT2D eigenvalue weighted by molar-refractivity contribution is 0.103. The van der Waals surface area contributed by atoms with Gasteiger partial charge in [0, 0.05) is 16.7 Å². The SMILES string of the molecule is N#CC(=C(O)c1ccc(C(=O)c2ccccc2)cc1)c1nc2ccccc2s1. The van der Waals surface area contributed by atoms with E-state index in [2.05, 4.69) is 11.1 Å². The first-order valence-corrected chi connectivity index (χ1v) is 9.38. The molecule has 4 rings (SSSR count). The molecule has 0 aliphatic rings. The Labute approximate surface area is 165 Å². The van der Waals surface area contributed by atoms with E-state index in [1.165, 1.54) is 11.3 Å². The van der Waals surface area contributed by atoms with Crippen molar-refractivity contribution in [2.45, 2.75) is 0 Å². The maximum absolute atomic E-state index is 12.5. The van der Waals surface area contributed by atoms with Gasteiger partial charge in [-0.2, -0.15) is 5.26 Å². The van der Waals surface area contributed by atoms with Crippen molar-refractivity contribution in [2.24, 2.45) is 0 Å². The van der Waals surface area contributed by atoms with E-state index in [4.69, 9.17) is 0 Å². The van der Waals surface area contributed by atoms with Crippen LogP contribution in [0.15, 0.2) is 78.9 Å². The van der Waals surface area contributed by atoms with E-state index >= 15 is 0 Å². The standard InChI is InChI=1S/C23H14N2O2S/c24-14-18(23-25-19-8-4-5-9-20(19)28-23)22(27)17-12-10-16(11-13-17)21(26)15-6-2-1-3-7-15/h1-13,27H. The Morgan fingerprint density at radius 1 is 0.857 bits per heavy atom. The van der Waals surface area contributed by atoms with Crippen LogP contribution in [0.2, 0.25) is 0 Å².